The Kier molecular flexibility index (Phi) is 6.16. The zero-order valence-electron chi connectivity index (χ0n) is 15.1. The van der Waals surface area contributed by atoms with Crippen LogP contribution in [0.5, 0.6) is 0 Å². The molecule has 1 aromatic heterocycles. The van der Waals surface area contributed by atoms with Gasteiger partial charge in [0, 0.05) is 37.7 Å². The van der Waals surface area contributed by atoms with Crippen molar-refractivity contribution in [2.75, 3.05) is 48.9 Å². The molecule has 2 aromatic rings. The van der Waals surface area contributed by atoms with Gasteiger partial charge in [0.2, 0.25) is 5.95 Å². The van der Waals surface area contributed by atoms with Gasteiger partial charge in [0.1, 0.15) is 11.7 Å². The zero-order chi connectivity index (χ0) is 18.2. The van der Waals surface area contributed by atoms with Crippen molar-refractivity contribution in [1.82, 2.24) is 9.97 Å². The molecule has 2 N–H and O–H groups in total. The summed E-state index contributed by atoms with van der Waals surface area (Å²) in [6.07, 6.45) is 5.52. The SMILES string of the molecule is C/C=C\C(=N/C)Nc1ccnc(Nc2ccc(N3CCOCC3)cc2)n1. The van der Waals surface area contributed by atoms with Crippen LogP contribution in [0.25, 0.3) is 0 Å². The number of rotatable bonds is 5. The summed E-state index contributed by atoms with van der Waals surface area (Å²) in [6, 6.07) is 10.1. The predicted octanol–water partition coefficient (Wildman–Crippen LogP) is 3.07. The molecule has 0 amide bonds. The lowest BCUT2D eigenvalue weighted by atomic mass is 10.2. The van der Waals surface area contributed by atoms with Crippen LogP contribution in [-0.4, -0.2) is 49.2 Å². The normalized spacial score (nSPS) is 15.3. The van der Waals surface area contributed by atoms with Gasteiger partial charge in [-0.05, 0) is 43.3 Å². The summed E-state index contributed by atoms with van der Waals surface area (Å²) in [5.41, 5.74) is 2.14. The third-order valence-corrected chi connectivity index (χ3v) is 3.98. The molecular formula is C19H24N6O. The van der Waals surface area contributed by atoms with Gasteiger partial charge < -0.3 is 20.3 Å². The van der Waals surface area contributed by atoms with Gasteiger partial charge in [-0.25, -0.2) is 4.98 Å². The summed E-state index contributed by atoms with van der Waals surface area (Å²) in [5.74, 6) is 1.96. The quantitative estimate of drug-likeness (QED) is 0.636. The number of aliphatic imine (C=N–C) groups is 1. The molecule has 0 bridgehead atoms. The van der Waals surface area contributed by atoms with E-state index >= 15 is 0 Å². The molecular weight excluding hydrogens is 328 g/mol. The average Bonchev–Trinajstić information content (AvgIpc) is 2.69. The molecule has 7 nitrogen and oxygen atoms in total. The second-order valence-electron chi connectivity index (χ2n) is 5.77. The van der Waals surface area contributed by atoms with E-state index in [0.717, 1.165) is 37.8 Å². The summed E-state index contributed by atoms with van der Waals surface area (Å²) >= 11 is 0. The Hall–Kier alpha value is -2.93. The van der Waals surface area contributed by atoms with Crippen LogP contribution in [0.4, 0.5) is 23.1 Å². The van der Waals surface area contributed by atoms with Crippen LogP contribution in [-0.2, 0) is 4.74 Å². The number of ether oxygens (including phenoxy) is 1. The van der Waals surface area contributed by atoms with E-state index in [1.807, 2.05) is 31.2 Å². The lowest BCUT2D eigenvalue weighted by Gasteiger charge is -2.28. The number of amidine groups is 1. The molecule has 0 spiro atoms. The van der Waals surface area contributed by atoms with Crippen molar-refractivity contribution in [2.24, 2.45) is 4.99 Å². The zero-order valence-corrected chi connectivity index (χ0v) is 15.1. The van der Waals surface area contributed by atoms with Crippen molar-refractivity contribution >= 4 is 29.0 Å². The third kappa shape index (κ3) is 4.80. The fourth-order valence-corrected chi connectivity index (χ4v) is 2.66. The lowest BCUT2D eigenvalue weighted by Crippen LogP contribution is -2.36. The molecule has 3 rings (SSSR count). The number of nitrogens with zero attached hydrogens (tertiary/aromatic N) is 4. The van der Waals surface area contributed by atoms with Gasteiger partial charge in [-0.3, -0.25) is 4.99 Å². The number of hydrogen-bond donors (Lipinski definition) is 2. The molecule has 1 saturated heterocycles. The molecule has 1 aromatic carbocycles. The van der Waals surface area contributed by atoms with Gasteiger partial charge in [-0.2, -0.15) is 4.98 Å². The number of allylic oxidation sites excluding steroid dienone is 1. The van der Waals surface area contributed by atoms with E-state index < -0.39 is 0 Å². The summed E-state index contributed by atoms with van der Waals surface area (Å²) in [4.78, 5) is 15.2. The number of aromatic nitrogens is 2. The van der Waals surface area contributed by atoms with Crippen LogP contribution >= 0.6 is 0 Å². The molecule has 0 saturated carbocycles. The first-order chi connectivity index (χ1) is 12.8. The maximum atomic E-state index is 5.40. The average molecular weight is 352 g/mol. The number of anilines is 4. The predicted molar refractivity (Wildman–Crippen MR) is 107 cm³/mol. The van der Waals surface area contributed by atoms with Crippen LogP contribution in [0.15, 0.2) is 53.7 Å². The van der Waals surface area contributed by atoms with Crippen LogP contribution in [0.3, 0.4) is 0 Å². The molecule has 1 aliphatic rings. The Morgan fingerprint density at radius 2 is 1.96 bits per heavy atom. The molecule has 1 fully saturated rings. The van der Waals surface area contributed by atoms with Gasteiger partial charge in [0.15, 0.2) is 0 Å². The molecule has 0 radical (unpaired) electrons. The van der Waals surface area contributed by atoms with Crippen molar-refractivity contribution in [3.8, 4) is 0 Å². The van der Waals surface area contributed by atoms with E-state index in [4.69, 9.17) is 4.74 Å². The standard InChI is InChI=1S/C19H24N6O/c1-3-4-17(20-2)23-18-9-10-21-19(24-18)22-15-5-7-16(8-6-15)25-11-13-26-14-12-25/h3-10H,11-14H2,1-2H3,(H2,20,21,22,23,24)/b4-3-. The maximum Gasteiger partial charge on any atom is 0.229 e. The largest absolute Gasteiger partial charge is 0.378 e. The molecule has 0 unspecified atom stereocenters. The number of hydrogen-bond acceptors (Lipinski definition) is 6. The van der Waals surface area contributed by atoms with Crippen molar-refractivity contribution in [2.45, 2.75) is 6.92 Å². The molecule has 0 atom stereocenters. The molecule has 1 aliphatic heterocycles. The Balaban J connectivity index is 1.66. The van der Waals surface area contributed by atoms with Crippen LogP contribution in [0, 0.1) is 0 Å². The summed E-state index contributed by atoms with van der Waals surface area (Å²) in [7, 11) is 1.73. The molecule has 0 aliphatic carbocycles. The number of morpholine rings is 1. The van der Waals surface area contributed by atoms with Crippen molar-refractivity contribution in [3.63, 3.8) is 0 Å². The monoisotopic (exact) mass is 352 g/mol. The minimum absolute atomic E-state index is 0.532. The van der Waals surface area contributed by atoms with Crippen molar-refractivity contribution < 1.29 is 4.74 Å². The maximum absolute atomic E-state index is 5.40. The van der Waals surface area contributed by atoms with Crippen LogP contribution in [0.1, 0.15) is 6.92 Å². The van der Waals surface area contributed by atoms with E-state index in [2.05, 4.69) is 42.6 Å². The second-order valence-corrected chi connectivity index (χ2v) is 5.77. The summed E-state index contributed by atoms with van der Waals surface area (Å²) in [5, 5.41) is 6.40. The lowest BCUT2D eigenvalue weighted by molar-refractivity contribution is 0.122. The van der Waals surface area contributed by atoms with Crippen LogP contribution < -0.4 is 15.5 Å². The van der Waals surface area contributed by atoms with Gasteiger partial charge in [0.05, 0.1) is 13.2 Å². The van der Waals surface area contributed by atoms with Crippen molar-refractivity contribution in [3.05, 3.63) is 48.7 Å². The van der Waals surface area contributed by atoms with E-state index in [1.54, 1.807) is 19.3 Å². The molecule has 26 heavy (non-hydrogen) atoms. The minimum Gasteiger partial charge on any atom is -0.378 e. The third-order valence-electron chi connectivity index (χ3n) is 3.98. The number of benzene rings is 1. The second kappa shape index (κ2) is 8.96. The van der Waals surface area contributed by atoms with Crippen LogP contribution in [0.2, 0.25) is 0 Å². The Bertz CT molecular complexity index is 766. The highest BCUT2D eigenvalue weighted by Crippen LogP contribution is 2.21. The van der Waals surface area contributed by atoms with Crippen molar-refractivity contribution in [1.29, 1.82) is 0 Å². The smallest absolute Gasteiger partial charge is 0.229 e. The number of nitrogens with one attached hydrogen (secondary N) is 2. The molecule has 2 heterocycles. The summed E-state index contributed by atoms with van der Waals surface area (Å²) in [6.45, 7) is 5.36. The molecule has 136 valence electrons. The van der Waals surface area contributed by atoms with Gasteiger partial charge in [0.25, 0.3) is 0 Å². The molecule has 7 heteroatoms. The fourth-order valence-electron chi connectivity index (χ4n) is 2.66. The first kappa shape index (κ1) is 17.9. The first-order valence-corrected chi connectivity index (χ1v) is 8.68. The Labute approximate surface area is 153 Å². The first-order valence-electron chi connectivity index (χ1n) is 8.68. The highest BCUT2D eigenvalue weighted by Gasteiger charge is 2.11. The van der Waals surface area contributed by atoms with E-state index in [9.17, 15) is 0 Å². The van der Waals surface area contributed by atoms with E-state index in [1.165, 1.54) is 5.69 Å². The minimum atomic E-state index is 0.532. The van der Waals surface area contributed by atoms with E-state index in [-0.39, 0.29) is 0 Å². The fraction of sp³-hybridized carbons (Fsp3) is 0.316. The topological polar surface area (TPSA) is 74.7 Å². The highest BCUT2D eigenvalue weighted by atomic mass is 16.5. The Morgan fingerprint density at radius 1 is 1.19 bits per heavy atom. The van der Waals surface area contributed by atoms with E-state index in [0.29, 0.717) is 11.8 Å². The van der Waals surface area contributed by atoms with Gasteiger partial charge in [-0.15, -0.1) is 0 Å². The highest BCUT2D eigenvalue weighted by molar-refractivity contribution is 6.03. The van der Waals surface area contributed by atoms with Gasteiger partial charge >= 0.3 is 0 Å². The van der Waals surface area contributed by atoms with Gasteiger partial charge in [-0.1, -0.05) is 6.08 Å². The Morgan fingerprint density at radius 3 is 2.65 bits per heavy atom. The summed E-state index contributed by atoms with van der Waals surface area (Å²) < 4.78 is 5.40.